The maximum atomic E-state index is 8.83. The van der Waals surface area contributed by atoms with Gasteiger partial charge in [0.15, 0.2) is 0 Å². The average Bonchev–Trinajstić information content (AvgIpc) is 2.70. The largest absolute Gasteiger partial charge is 0.373 e. The van der Waals surface area contributed by atoms with E-state index >= 15 is 0 Å². The molecule has 0 N–H and O–H groups in total. The zero-order chi connectivity index (χ0) is 9.10. The fourth-order valence-corrected chi connectivity index (χ4v) is 1.60. The van der Waals surface area contributed by atoms with Gasteiger partial charge in [0, 0.05) is 24.6 Å². The summed E-state index contributed by atoms with van der Waals surface area (Å²) >= 11 is 0. The van der Waals surface area contributed by atoms with Crippen LogP contribution in [0.2, 0.25) is 0 Å². The highest BCUT2D eigenvalue weighted by Crippen LogP contribution is 2.29. The van der Waals surface area contributed by atoms with Crippen molar-refractivity contribution in [2.45, 2.75) is 18.9 Å². The van der Waals surface area contributed by atoms with Crippen molar-refractivity contribution in [3.8, 4) is 6.07 Å². The molecule has 0 aromatic carbocycles. The molecule has 66 valence electrons. The van der Waals surface area contributed by atoms with Gasteiger partial charge in [-0.05, 0) is 18.9 Å². The number of hydrogen-bond acceptors (Lipinski definition) is 3. The third-order valence-corrected chi connectivity index (χ3v) is 2.25. The smallest absolute Gasteiger partial charge is 0.101 e. The van der Waals surface area contributed by atoms with Crippen molar-refractivity contribution in [3.63, 3.8) is 0 Å². The van der Waals surface area contributed by atoms with E-state index in [0.717, 1.165) is 25.0 Å². The molecule has 3 nitrogen and oxygen atoms in total. The van der Waals surface area contributed by atoms with Crippen molar-refractivity contribution in [3.05, 3.63) is 29.6 Å². The molecule has 1 saturated heterocycles. The van der Waals surface area contributed by atoms with Gasteiger partial charge in [-0.2, -0.15) is 5.26 Å². The minimum Gasteiger partial charge on any atom is -0.373 e. The van der Waals surface area contributed by atoms with Crippen molar-refractivity contribution >= 4 is 0 Å². The van der Waals surface area contributed by atoms with E-state index in [1.54, 1.807) is 12.4 Å². The van der Waals surface area contributed by atoms with E-state index in [9.17, 15) is 0 Å². The summed E-state index contributed by atoms with van der Waals surface area (Å²) in [5.74, 6) is 0. The molecular formula is C10H10N2O. The minimum atomic E-state index is 0.109. The lowest BCUT2D eigenvalue weighted by Gasteiger charge is -2.09. The van der Waals surface area contributed by atoms with Gasteiger partial charge in [-0.1, -0.05) is 0 Å². The zero-order valence-corrected chi connectivity index (χ0v) is 7.23. The van der Waals surface area contributed by atoms with Crippen molar-refractivity contribution in [2.75, 3.05) is 6.61 Å². The molecule has 0 aliphatic carbocycles. The molecule has 3 heteroatoms. The van der Waals surface area contributed by atoms with Gasteiger partial charge in [0.05, 0.1) is 11.7 Å². The second-order valence-corrected chi connectivity index (χ2v) is 3.08. The second-order valence-electron chi connectivity index (χ2n) is 3.08. The molecule has 2 heterocycles. The number of hydrogen-bond donors (Lipinski definition) is 0. The van der Waals surface area contributed by atoms with E-state index in [0.29, 0.717) is 5.56 Å². The van der Waals surface area contributed by atoms with Gasteiger partial charge in [0.25, 0.3) is 0 Å². The summed E-state index contributed by atoms with van der Waals surface area (Å²) in [5.41, 5.74) is 1.62. The molecule has 1 aromatic rings. The lowest BCUT2D eigenvalue weighted by Crippen LogP contribution is -1.99. The summed E-state index contributed by atoms with van der Waals surface area (Å²) in [4.78, 5) is 3.91. The quantitative estimate of drug-likeness (QED) is 0.652. The number of aromatic nitrogens is 1. The van der Waals surface area contributed by atoms with Gasteiger partial charge >= 0.3 is 0 Å². The van der Waals surface area contributed by atoms with Crippen LogP contribution in [0.15, 0.2) is 18.5 Å². The third kappa shape index (κ3) is 1.53. The van der Waals surface area contributed by atoms with Crippen molar-refractivity contribution in [1.29, 1.82) is 5.26 Å². The predicted molar refractivity (Wildman–Crippen MR) is 46.9 cm³/mol. The zero-order valence-electron chi connectivity index (χ0n) is 7.23. The number of nitriles is 1. The van der Waals surface area contributed by atoms with Crippen LogP contribution in [0.25, 0.3) is 0 Å². The highest BCUT2D eigenvalue weighted by atomic mass is 16.5. The van der Waals surface area contributed by atoms with E-state index in [1.165, 1.54) is 0 Å². The van der Waals surface area contributed by atoms with Gasteiger partial charge in [-0.25, -0.2) is 0 Å². The van der Waals surface area contributed by atoms with Crippen LogP contribution < -0.4 is 0 Å². The van der Waals surface area contributed by atoms with Gasteiger partial charge in [-0.15, -0.1) is 0 Å². The first-order valence-electron chi connectivity index (χ1n) is 4.37. The minimum absolute atomic E-state index is 0.109. The molecule has 0 saturated carbocycles. The standard InChI is InChI=1S/C10H10N2O/c11-6-8-7-12-4-3-9(8)10-2-1-5-13-10/h3-4,7,10H,1-2,5H2. The summed E-state index contributed by atoms with van der Waals surface area (Å²) in [6.07, 6.45) is 5.50. The van der Waals surface area contributed by atoms with Gasteiger partial charge in [0.2, 0.25) is 0 Å². The summed E-state index contributed by atoms with van der Waals surface area (Å²) in [7, 11) is 0. The first-order chi connectivity index (χ1) is 6.42. The third-order valence-electron chi connectivity index (χ3n) is 2.25. The summed E-state index contributed by atoms with van der Waals surface area (Å²) < 4.78 is 5.50. The summed E-state index contributed by atoms with van der Waals surface area (Å²) in [6.45, 7) is 0.803. The monoisotopic (exact) mass is 174 g/mol. The predicted octanol–water partition coefficient (Wildman–Crippen LogP) is 1.80. The first kappa shape index (κ1) is 8.21. The highest BCUT2D eigenvalue weighted by molar-refractivity contribution is 5.36. The van der Waals surface area contributed by atoms with Crippen LogP contribution in [0.3, 0.4) is 0 Å². The van der Waals surface area contributed by atoms with Crippen LogP contribution >= 0.6 is 0 Å². The highest BCUT2D eigenvalue weighted by Gasteiger charge is 2.20. The van der Waals surface area contributed by atoms with E-state index in [-0.39, 0.29) is 6.10 Å². The molecule has 0 amide bonds. The van der Waals surface area contributed by atoms with Crippen molar-refractivity contribution in [2.24, 2.45) is 0 Å². The number of pyridine rings is 1. The van der Waals surface area contributed by atoms with E-state index in [2.05, 4.69) is 11.1 Å². The maximum absolute atomic E-state index is 8.83. The van der Waals surface area contributed by atoms with Gasteiger partial charge in [0.1, 0.15) is 6.07 Å². The number of rotatable bonds is 1. The van der Waals surface area contributed by atoms with Crippen LogP contribution in [0.5, 0.6) is 0 Å². The molecule has 0 bridgehead atoms. The van der Waals surface area contributed by atoms with Crippen molar-refractivity contribution < 1.29 is 4.74 Å². The molecule has 0 spiro atoms. The summed E-state index contributed by atoms with van der Waals surface area (Å²) in [5, 5.41) is 8.83. The number of ether oxygens (including phenoxy) is 1. The van der Waals surface area contributed by atoms with Crippen LogP contribution in [0.1, 0.15) is 30.1 Å². The SMILES string of the molecule is N#Cc1cnccc1C1CCCO1. The molecule has 1 fully saturated rings. The van der Waals surface area contributed by atoms with Crippen LogP contribution in [0.4, 0.5) is 0 Å². The van der Waals surface area contributed by atoms with Gasteiger partial charge in [-0.3, -0.25) is 4.98 Å². The Morgan fingerprint density at radius 1 is 1.62 bits per heavy atom. The topological polar surface area (TPSA) is 45.9 Å². The fraction of sp³-hybridized carbons (Fsp3) is 0.400. The summed E-state index contributed by atoms with van der Waals surface area (Å²) in [6, 6.07) is 4.00. The Hall–Kier alpha value is -1.40. The van der Waals surface area contributed by atoms with Crippen molar-refractivity contribution in [1.82, 2.24) is 4.98 Å². The molecule has 1 atom stereocenters. The fourth-order valence-electron chi connectivity index (χ4n) is 1.60. The Kier molecular flexibility index (Phi) is 2.24. The molecule has 2 rings (SSSR count). The maximum Gasteiger partial charge on any atom is 0.101 e. The first-order valence-corrected chi connectivity index (χ1v) is 4.37. The molecule has 1 unspecified atom stereocenters. The lowest BCUT2D eigenvalue weighted by atomic mass is 10.0. The van der Waals surface area contributed by atoms with Gasteiger partial charge < -0.3 is 4.74 Å². The van der Waals surface area contributed by atoms with E-state index in [1.807, 2.05) is 6.07 Å². The Morgan fingerprint density at radius 2 is 2.54 bits per heavy atom. The molecule has 0 radical (unpaired) electrons. The molecule has 1 aliphatic heterocycles. The normalized spacial score (nSPS) is 21.3. The Labute approximate surface area is 77.0 Å². The van der Waals surface area contributed by atoms with Crippen LogP contribution in [0, 0.1) is 11.3 Å². The lowest BCUT2D eigenvalue weighted by molar-refractivity contribution is 0.111. The molecular weight excluding hydrogens is 164 g/mol. The van der Waals surface area contributed by atoms with E-state index < -0.39 is 0 Å². The Morgan fingerprint density at radius 3 is 3.23 bits per heavy atom. The Balaban J connectivity index is 2.33. The average molecular weight is 174 g/mol. The van der Waals surface area contributed by atoms with E-state index in [4.69, 9.17) is 10.00 Å². The van der Waals surface area contributed by atoms with Crippen LogP contribution in [-0.4, -0.2) is 11.6 Å². The van der Waals surface area contributed by atoms with Crippen LogP contribution in [-0.2, 0) is 4.74 Å². The molecule has 13 heavy (non-hydrogen) atoms. The molecule has 1 aromatic heterocycles. The molecule has 1 aliphatic rings. The Bertz CT molecular complexity index is 337. The second kappa shape index (κ2) is 3.55. The number of nitrogens with zero attached hydrogens (tertiary/aromatic N) is 2.